The number of amides is 1. The molecule has 7 heteroatoms. The minimum atomic E-state index is -0.257. The van der Waals surface area contributed by atoms with E-state index in [4.69, 9.17) is 9.47 Å². The van der Waals surface area contributed by atoms with Crippen molar-refractivity contribution in [1.29, 1.82) is 0 Å². The smallest absolute Gasteiger partial charge is 0.251 e. The van der Waals surface area contributed by atoms with Gasteiger partial charge in [0.15, 0.2) is 5.96 Å². The molecular formula is C25H40N4O3. The molecule has 1 atom stereocenters. The summed E-state index contributed by atoms with van der Waals surface area (Å²) in [5.41, 5.74) is 1.47. The zero-order valence-corrected chi connectivity index (χ0v) is 20.2. The van der Waals surface area contributed by atoms with Gasteiger partial charge >= 0.3 is 0 Å². The van der Waals surface area contributed by atoms with E-state index in [0.717, 1.165) is 57.1 Å². The standard InChI is InChI=1S/C25H40N4O3/c1-25(2,3)28-23(30)20-9-7-8-19(16-20)17-27-24(26-4)29-13-11-21(12-14-29)32-18-22-10-5-6-15-31-22/h7-9,16,21-22H,5-6,10-15,17-18H2,1-4H3,(H,26,27)(H,28,30). The molecule has 2 aliphatic heterocycles. The van der Waals surface area contributed by atoms with Crippen LogP contribution in [-0.2, 0) is 16.0 Å². The maximum absolute atomic E-state index is 12.5. The van der Waals surface area contributed by atoms with Crippen LogP contribution in [0.2, 0.25) is 0 Å². The van der Waals surface area contributed by atoms with Crippen molar-refractivity contribution < 1.29 is 14.3 Å². The number of piperidine rings is 1. The largest absolute Gasteiger partial charge is 0.376 e. The Morgan fingerprint density at radius 1 is 1.22 bits per heavy atom. The van der Waals surface area contributed by atoms with Crippen LogP contribution in [0.15, 0.2) is 29.3 Å². The lowest BCUT2D eigenvalue weighted by Crippen LogP contribution is -2.47. The van der Waals surface area contributed by atoms with Gasteiger partial charge in [-0.2, -0.15) is 0 Å². The first-order valence-electron chi connectivity index (χ1n) is 11.9. The number of guanidine groups is 1. The van der Waals surface area contributed by atoms with Crippen LogP contribution in [0.3, 0.4) is 0 Å². The van der Waals surface area contributed by atoms with Crippen molar-refractivity contribution in [3.05, 3.63) is 35.4 Å². The Labute approximate surface area is 192 Å². The third-order valence-electron chi connectivity index (χ3n) is 5.87. The molecule has 7 nitrogen and oxygen atoms in total. The highest BCUT2D eigenvalue weighted by molar-refractivity contribution is 5.94. The van der Waals surface area contributed by atoms with Crippen LogP contribution in [-0.4, -0.2) is 67.9 Å². The topological polar surface area (TPSA) is 75.2 Å². The molecule has 1 aromatic carbocycles. The Morgan fingerprint density at radius 3 is 2.66 bits per heavy atom. The first kappa shape index (κ1) is 24.5. The lowest BCUT2D eigenvalue weighted by atomic mass is 10.1. The zero-order valence-electron chi connectivity index (χ0n) is 20.2. The molecule has 1 amide bonds. The molecule has 1 unspecified atom stereocenters. The Morgan fingerprint density at radius 2 is 2.00 bits per heavy atom. The highest BCUT2D eigenvalue weighted by Gasteiger charge is 2.24. The SMILES string of the molecule is CN=C(NCc1cccc(C(=O)NC(C)(C)C)c1)N1CCC(OCC2CCCCO2)CC1. The van der Waals surface area contributed by atoms with Crippen LogP contribution in [0.4, 0.5) is 0 Å². The predicted octanol–water partition coefficient (Wildman–Crippen LogP) is 3.34. The Kier molecular flexibility index (Phi) is 8.93. The summed E-state index contributed by atoms with van der Waals surface area (Å²) in [6.07, 6.45) is 6.11. The molecule has 178 valence electrons. The number of benzene rings is 1. The third kappa shape index (κ3) is 7.78. The maximum atomic E-state index is 12.5. The fourth-order valence-electron chi connectivity index (χ4n) is 4.17. The van der Waals surface area contributed by atoms with Gasteiger partial charge in [0, 0.05) is 44.4 Å². The van der Waals surface area contributed by atoms with E-state index in [1.54, 1.807) is 0 Å². The number of hydrogen-bond acceptors (Lipinski definition) is 4. The summed E-state index contributed by atoms with van der Waals surface area (Å²) in [7, 11) is 1.82. The van der Waals surface area contributed by atoms with E-state index < -0.39 is 0 Å². The number of hydrogen-bond donors (Lipinski definition) is 2. The summed E-state index contributed by atoms with van der Waals surface area (Å²) < 4.78 is 11.9. The molecular weight excluding hydrogens is 404 g/mol. The quantitative estimate of drug-likeness (QED) is 0.520. The van der Waals surface area contributed by atoms with Crippen LogP contribution in [0.5, 0.6) is 0 Å². The van der Waals surface area contributed by atoms with E-state index in [9.17, 15) is 4.79 Å². The van der Waals surface area contributed by atoms with E-state index in [1.807, 2.05) is 52.1 Å². The lowest BCUT2D eigenvalue weighted by Gasteiger charge is -2.35. The van der Waals surface area contributed by atoms with Crippen LogP contribution in [0, 0.1) is 0 Å². The van der Waals surface area contributed by atoms with Gasteiger partial charge < -0.3 is 25.0 Å². The summed E-state index contributed by atoms with van der Waals surface area (Å²) in [6.45, 7) is 10.0. The Balaban J connectivity index is 1.44. The Hall–Kier alpha value is -2.12. The molecule has 2 aliphatic rings. The first-order valence-corrected chi connectivity index (χ1v) is 11.9. The summed E-state index contributed by atoms with van der Waals surface area (Å²) in [5.74, 6) is 0.841. The molecule has 0 aliphatic carbocycles. The summed E-state index contributed by atoms with van der Waals surface area (Å²) in [5, 5.41) is 6.47. The van der Waals surface area contributed by atoms with Gasteiger partial charge in [0.05, 0.1) is 18.8 Å². The zero-order chi connectivity index (χ0) is 23.0. The van der Waals surface area contributed by atoms with Crippen LogP contribution in [0.25, 0.3) is 0 Å². The second kappa shape index (κ2) is 11.7. The number of carbonyl (C=O) groups excluding carboxylic acids is 1. The minimum absolute atomic E-state index is 0.0515. The van der Waals surface area contributed by atoms with Crippen molar-refractivity contribution >= 4 is 11.9 Å². The molecule has 0 spiro atoms. The molecule has 0 aromatic heterocycles. The van der Waals surface area contributed by atoms with Gasteiger partial charge in [-0.05, 0) is 70.6 Å². The summed E-state index contributed by atoms with van der Waals surface area (Å²) in [4.78, 5) is 19.2. The van der Waals surface area contributed by atoms with Gasteiger partial charge in [-0.15, -0.1) is 0 Å². The molecule has 2 fully saturated rings. The van der Waals surface area contributed by atoms with Gasteiger partial charge in [-0.1, -0.05) is 12.1 Å². The van der Waals surface area contributed by atoms with Crippen LogP contribution in [0.1, 0.15) is 68.8 Å². The molecule has 2 N–H and O–H groups in total. The Bertz CT molecular complexity index is 761. The normalized spacial score (nSPS) is 20.8. The highest BCUT2D eigenvalue weighted by atomic mass is 16.5. The highest BCUT2D eigenvalue weighted by Crippen LogP contribution is 2.18. The summed E-state index contributed by atoms with van der Waals surface area (Å²) >= 11 is 0. The molecule has 0 radical (unpaired) electrons. The third-order valence-corrected chi connectivity index (χ3v) is 5.87. The number of nitrogens with one attached hydrogen (secondary N) is 2. The summed E-state index contributed by atoms with van der Waals surface area (Å²) in [6, 6.07) is 7.75. The van der Waals surface area contributed by atoms with E-state index in [1.165, 1.54) is 12.8 Å². The van der Waals surface area contributed by atoms with Gasteiger partial charge in [-0.3, -0.25) is 9.79 Å². The van der Waals surface area contributed by atoms with Gasteiger partial charge in [0.1, 0.15) is 0 Å². The number of likely N-dealkylation sites (tertiary alicyclic amines) is 1. The molecule has 0 saturated carbocycles. The van der Waals surface area contributed by atoms with Crippen molar-refractivity contribution in [3.63, 3.8) is 0 Å². The molecule has 3 rings (SSSR count). The molecule has 2 saturated heterocycles. The second-order valence-corrected chi connectivity index (χ2v) is 9.81. The number of ether oxygens (including phenoxy) is 2. The monoisotopic (exact) mass is 444 g/mol. The van der Waals surface area contributed by atoms with E-state index in [0.29, 0.717) is 18.2 Å². The molecule has 0 bridgehead atoms. The van der Waals surface area contributed by atoms with Gasteiger partial charge in [0.25, 0.3) is 5.91 Å². The van der Waals surface area contributed by atoms with Crippen molar-refractivity contribution in [2.45, 2.75) is 77.2 Å². The predicted molar refractivity (Wildman–Crippen MR) is 128 cm³/mol. The van der Waals surface area contributed by atoms with E-state index >= 15 is 0 Å². The van der Waals surface area contributed by atoms with Crippen molar-refractivity contribution in [2.75, 3.05) is 33.4 Å². The van der Waals surface area contributed by atoms with Gasteiger partial charge in [0.2, 0.25) is 0 Å². The fourth-order valence-corrected chi connectivity index (χ4v) is 4.17. The van der Waals surface area contributed by atoms with E-state index in [2.05, 4.69) is 20.5 Å². The van der Waals surface area contributed by atoms with Crippen LogP contribution < -0.4 is 10.6 Å². The van der Waals surface area contributed by atoms with Crippen molar-refractivity contribution in [3.8, 4) is 0 Å². The minimum Gasteiger partial charge on any atom is -0.376 e. The molecule has 1 aromatic rings. The van der Waals surface area contributed by atoms with Crippen molar-refractivity contribution in [2.24, 2.45) is 4.99 Å². The number of aliphatic imine (C=N–C) groups is 1. The average Bonchev–Trinajstić information content (AvgIpc) is 2.78. The molecule has 32 heavy (non-hydrogen) atoms. The fraction of sp³-hybridized carbons (Fsp3) is 0.680. The van der Waals surface area contributed by atoms with Gasteiger partial charge in [-0.25, -0.2) is 0 Å². The number of nitrogens with zero attached hydrogens (tertiary/aromatic N) is 2. The lowest BCUT2D eigenvalue weighted by molar-refractivity contribution is -0.0721. The number of rotatable bonds is 6. The first-order chi connectivity index (χ1) is 15.3. The molecule has 2 heterocycles. The van der Waals surface area contributed by atoms with Crippen molar-refractivity contribution in [1.82, 2.24) is 15.5 Å². The maximum Gasteiger partial charge on any atom is 0.251 e. The van der Waals surface area contributed by atoms with E-state index in [-0.39, 0.29) is 17.6 Å². The average molecular weight is 445 g/mol. The number of carbonyl (C=O) groups is 1. The second-order valence-electron chi connectivity index (χ2n) is 9.81. The van der Waals surface area contributed by atoms with Crippen LogP contribution >= 0.6 is 0 Å².